The Labute approximate surface area is 123 Å². The predicted octanol–water partition coefficient (Wildman–Crippen LogP) is 1.93. The van der Waals surface area contributed by atoms with Gasteiger partial charge in [0.15, 0.2) is 0 Å². The Bertz CT molecular complexity index is 296. The van der Waals surface area contributed by atoms with Crippen molar-refractivity contribution in [3.05, 3.63) is 0 Å². The van der Waals surface area contributed by atoms with Crippen molar-refractivity contribution in [1.29, 1.82) is 0 Å². The Morgan fingerprint density at radius 3 is 2.35 bits per heavy atom. The highest BCUT2D eigenvalue weighted by molar-refractivity contribution is 5.68. The molecule has 0 radical (unpaired) electrons. The van der Waals surface area contributed by atoms with Crippen molar-refractivity contribution in [2.24, 2.45) is 0 Å². The summed E-state index contributed by atoms with van der Waals surface area (Å²) < 4.78 is 5.43. The van der Waals surface area contributed by atoms with Crippen LogP contribution in [0.25, 0.3) is 0 Å². The Kier molecular flexibility index (Phi) is 6.76. The fourth-order valence-corrected chi connectivity index (χ4v) is 2.41. The third-order valence-corrected chi connectivity index (χ3v) is 3.69. The molecule has 0 aliphatic carbocycles. The molecule has 0 bridgehead atoms. The summed E-state index contributed by atoms with van der Waals surface area (Å²) in [5.74, 6) is 0. The Hall–Kier alpha value is -0.810. The van der Waals surface area contributed by atoms with Gasteiger partial charge in [0.05, 0.1) is 0 Å². The van der Waals surface area contributed by atoms with Crippen molar-refractivity contribution in [2.75, 3.05) is 39.8 Å². The van der Waals surface area contributed by atoms with Crippen LogP contribution in [0, 0.1) is 0 Å². The molecule has 0 aromatic rings. The van der Waals surface area contributed by atoms with E-state index in [1.54, 1.807) is 4.90 Å². The molecule has 0 spiro atoms. The fourth-order valence-electron chi connectivity index (χ4n) is 2.41. The van der Waals surface area contributed by atoms with Crippen LogP contribution in [0.2, 0.25) is 0 Å². The van der Waals surface area contributed by atoms with E-state index >= 15 is 0 Å². The van der Waals surface area contributed by atoms with Crippen molar-refractivity contribution in [1.82, 2.24) is 15.1 Å². The molecule has 5 heteroatoms. The largest absolute Gasteiger partial charge is 0.444 e. The van der Waals surface area contributed by atoms with Crippen molar-refractivity contribution < 1.29 is 9.53 Å². The van der Waals surface area contributed by atoms with E-state index < -0.39 is 5.60 Å². The lowest BCUT2D eigenvalue weighted by molar-refractivity contribution is 0.0237. The van der Waals surface area contributed by atoms with E-state index in [1.807, 2.05) is 27.7 Å². The number of nitrogens with zero attached hydrogens (tertiary/aromatic N) is 2. The Morgan fingerprint density at radius 1 is 1.25 bits per heavy atom. The van der Waals surface area contributed by atoms with Gasteiger partial charge in [-0.15, -0.1) is 0 Å². The van der Waals surface area contributed by atoms with E-state index in [9.17, 15) is 4.79 Å². The molecule has 20 heavy (non-hydrogen) atoms. The highest BCUT2D eigenvalue weighted by atomic mass is 16.6. The van der Waals surface area contributed by atoms with E-state index in [2.05, 4.69) is 17.3 Å². The van der Waals surface area contributed by atoms with Crippen LogP contribution < -0.4 is 5.32 Å². The number of likely N-dealkylation sites (N-methyl/N-ethyl adjacent to an activating group) is 2. The van der Waals surface area contributed by atoms with E-state index in [4.69, 9.17) is 4.74 Å². The first-order valence-corrected chi connectivity index (χ1v) is 7.72. The summed E-state index contributed by atoms with van der Waals surface area (Å²) in [5.41, 5.74) is -0.425. The maximum absolute atomic E-state index is 12.1. The number of amides is 1. The summed E-state index contributed by atoms with van der Waals surface area (Å²) in [7, 11) is 2.15. The fraction of sp³-hybridized carbons (Fsp3) is 0.933. The number of piperidine rings is 1. The second kappa shape index (κ2) is 7.84. The van der Waals surface area contributed by atoms with Crippen LogP contribution in [0.5, 0.6) is 0 Å². The van der Waals surface area contributed by atoms with Crippen LogP contribution >= 0.6 is 0 Å². The summed E-state index contributed by atoms with van der Waals surface area (Å²) >= 11 is 0. The molecule has 0 saturated carbocycles. The minimum absolute atomic E-state index is 0.210. The number of hydrogen-bond acceptors (Lipinski definition) is 4. The molecule has 0 unspecified atom stereocenters. The van der Waals surface area contributed by atoms with Gasteiger partial charge >= 0.3 is 6.09 Å². The number of hydrogen-bond donors (Lipinski definition) is 1. The van der Waals surface area contributed by atoms with Gasteiger partial charge in [0.1, 0.15) is 5.60 Å². The first-order valence-electron chi connectivity index (χ1n) is 7.72. The van der Waals surface area contributed by atoms with Gasteiger partial charge in [-0.25, -0.2) is 4.79 Å². The topological polar surface area (TPSA) is 44.8 Å². The zero-order valence-corrected chi connectivity index (χ0v) is 13.7. The van der Waals surface area contributed by atoms with Crippen LogP contribution in [-0.4, -0.2) is 67.3 Å². The standard InChI is InChI=1S/C15H31N3O2/c1-6-18(14(19)20-15(2,3)4)12-11-17(5)13-7-9-16-10-8-13/h13,16H,6-12H2,1-5H3. The smallest absolute Gasteiger partial charge is 0.410 e. The average molecular weight is 285 g/mol. The summed E-state index contributed by atoms with van der Waals surface area (Å²) in [6.45, 7) is 12.2. The molecule has 0 aromatic carbocycles. The van der Waals surface area contributed by atoms with Gasteiger partial charge in [0, 0.05) is 25.7 Å². The summed E-state index contributed by atoms with van der Waals surface area (Å²) in [4.78, 5) is 16.2. The maximum Gasteiger partial charge on any atom is 0.410 e. The molecule has 1 saturated heterocycles. The van der Waals surface area contributed by atoms with Gasteiger partial charge in [-0.3, -0.25) is 0 Å². The van der Waals surface area contributed by atoms with Crippen LogP contribution in [0.3, 0.4) is 0 Å². The number of carbonyl (C=O) groups excluding carboxylic acids is 1. The Morgan fingerprint density at radius 2 is 1.85 bits per heavy atom. The van der Waals surface area contributed by atoms with Crippen molar-refractivity contribution >= 4 is 6.09 Å². The maximum atomic E-state index is 12.1. The van der Waals surface area contributed by atoms with Gasteiger partial charge in [-0.2, -0.15) is 0 Å². The summed E-state index contributed by atoms with van der Waals surface area (Å²) in [6, 6.07) is 0.633. The quantitative estimate of drug-likeness (QED) is 0.838. The predicted molar refractivity (Wildman–Crippen MR) is 82.0 cm³/mol. The molecule has 1 amide bonds. The first kappa shape index (κ1) is 17.2. The molecular weight excluding hydrogens is 254 g/mol. The van der Waals surface area contributed by atoms with Crippen LogP contribution in [0.4, 0.5) is 4.79 Å². The minimum Gasteiger partial charge on any atom is -0.444 e. The number of nitrogens with one attached hydrogen (secondary N) is 1. The van der Waals surface area contributed by atoms with Crippen LogP contribution in [-0.2, 0) is 4.74 Å². The second-order valence-corrected chi connectivity index (χ2v) is 6.52. The number of ether oxygens (including phenoxy) is 1. The van der Waals surface area contributed by atoms with Gasteiger partial charge in [0.2, 0.25) is 0 Å². The lowest BCUT2D eigenvalue weighted by Gasteiger charge is -2.33. The van der Waals surface area contributed by atoms with Crippen molar-refractivity contribution in [3.8, 4) is 0 Å². The molecule has 1 heterocycles. The molecule has 1 aliphatic heterocycles. The molecule has 0 aromatic heterocycles. The molecule has 1 rings (SSSR count). The van der Waals surface area contributed by atoms with Crippen molar-refractivity contribution in [2.45, 2.75) is 52.2 Å². The van der Waals surface area contributed by atoms with Gasteiger partial charge in [-0.1, -0.05) is 0 Å². The molecule has 5 nitrogen and oxygen atoms in total. The number of carbonyl (C=O) groups is 1. The molecule has 118 valence electrons. The highest BCUT2D eigenvalue weighted by Crippen LogP contribution is 2.12. The molecule has 1 N–H and O–H groups in total. The molecule has 1 fully saturated rings. The third-order valence-electron chi connectivity index (χ3n) is 3.69. The van der Waals surface area contributed by atoms with E-state index in [-0.39, 0.29) is 6.09 Å². The molecule has 1 aliphatic rings. The summed E-state index contributed by atoms with van der Waals surface area (Å²) in [6.07, 6.45) is 2.17. The number of rotatable bonds is 5. The average Bonchev–Trinajstić information content (AvgIpc) is 2.38. The first-order chi connectivity index (χ1) is 9.33. The van der Waals surface area contributed by atoms with Crippen LogP contribution in [0.1, 0.15) is 40.5 Å². The van der Waals surface area contributed by atoms with Crippen LogP contribution in [0.15, 0.2) is 0 Å². The van der Waals surface area contributed by atoms with Gasteiger partial charge in [-0.05, 0) is 60.7 Å². The lowest BCUT2D eigenvalue weighted by Crippen LogP contribution is -2.45. The lowest BCUT2D eigenvalue weighted by atomic mass is 10.1. The van der Waals surface area contributed by atoms with Gasteiger partial charge in [0.25, 0.3) is 0 Å². The molecule has 0 atom stereocenters. The summed E-state index contributed by atoms with van der Waals surface area (Å²) in [5, 5.41) is 3.38. The van der Waals surface area contributed by atoms with Gasteiger partial charge < -0.3 is 19.9 Å². The Balaban J connectivity index is 2.38. The molecular formula is C15H31N3O2. The second-order valence-electron chi connectivity index (χ2n) is 6.52. The zero-order chi connectivity index (χ0) is 15.2. The van der Waals surface area contributed by atoms with E-state index in [0.29, 0.717) is 12.6 Å². The monoisotopic (exact) mass is 285 g/mol. The zero-order valence-electron chi connectivity index (χ0n) is 13.7. The third kappa shape index (κ3) is 6.09. The minimum atomic E-state index is -0.425. The van der Waals surface area contributed by atoms with E-state index in [0.717, 1.165) is 26.2 Å². The van der Waals surface area contributed by atoms with Crippen molar-refractivity contribution in [3.63, 3.8) is 0 Å². The normalized spacial score (nSPS) is 17.3. The SMILES string of the molecule is CCN(CCN(C)C1CCNCC1)C(=O)OC(C)(C)C. The van der Waals surface area contributed by atoms with E-state index in [1.165, 1.54) is 12.8 Å². The highest BCUT2D eigenvalue weighted by Gasteiger charge is 2.22.